The number of carbonyl (C=O) groups is 2. The number of thiazole rings is 1. The van der Waals surface area contributed by atoms with Crippen LogP contribution in [0.5, 0.6) is 0 Å². The van der Waals surface area contributed by atoms with Crippen LogP contribution in [-0.2, 0) is 4.79 Å². The zero-order valence-corrected chi connectivity index (χ0v) is 6.22. The minimum absolute atomic E-state index is 0.294. The molecule has 0 amide bonds. The molecule has 1 aromatic rings. The highest BCUT2D eigenvalue weighted by molar-refractivity contribution is 7.11. The van der Waals surface area contributed by atoms with Crippen LogP contribution in [-0.4, -0.2) is 16.6 Å². The van der Waals surface area contributed by atoms with Crippen LogP contribution in [0.3, 0.4) is 0 Å². The van der Waals surface area contributed by atoms with Crippen molar-refractivity contribution >= 4 is 29.0 Å². The molecule has 3 nitrogen and oxygen atoms in total. The van der Waals surface area contributed by atoms with Gasteiger partial charge in [0, 0.05) is 0 Å². The van der Waals surface area contributed by atoms with Crippen LogP contribution in [0.1, 0.15) is 15.4 Å². The van der Waals surface area contributed by atoms with E-state index in [9.17, 15) is 9.59 Å². The first kappa shape index (κ1) is 6.42. The molecule has 1 heterocycles. The molecule has 0 fully saturated rings. The van der Waals surface area contributed by atoms with Gasteiger partial charge in [0.1, 0.15) is 5.69 Å². The predicted molar refractivity (Wildman–Crippen MR) is 40.5 cm³/mol. The Hall–Kier alpha value is -1.29. The van der Waals surface area contributed by atoms with E-state index in [1.54, 1.807) is 11.6 Å². The second kappa shape index (κ2) is 2.10. The lowest BCUT2D eigenvalue weighted by atomic mass is 10.1. The van der Waals surface area contributed by atoms with Gasteiger partial charge >= 0.3 is 0 Å². The van der Waals surface area contributed by atoms with Gasteiger partial charge in [0.2, 0.25) is 5.78 Å². The van der Waals surface area contributed by atoms with Crippen molar-refractivity contribution in [1.29, 1.82) is 0 Å². The Bertz CT molecular complexity index is 364. The molecule has 0 saturated carbocycles. The largest absolute Gasteiger partial charge is 0.285 e. The third-order valence-corrected chi connectivity index (χ3v) is 2.21. The Morgan fingerprint density at radius 3 is 2.91 bits per heavy atom. The van der Waals surface area contributed by atoms with E-state index in [4.69, 9.17) is 0 Å². The molecule has 1 aromatic heterocycles. The first-order valence-electron chi connectivity index (χ1n) is 2.99. The molecule has 1 aliphatic rings. The van der Waals surface area contributed by atoms with E-state index in [0.29, 0.717) is 5.69 Å². The smallest absolute Gasteiger partial charge is 0.252 e. The van der Waals surface area contributed by atoms with Crippen molar-refractivity contribution in [2.24, 2.45) is 0 Å². The van der Waals surface area contributed by atoms with Crippen LogP contribution in [0, 0.1) is 0 Å². The van der Waals surface area contributed by atoms with Crippen molar-refractivity contribution in [3.05, 3.63) is 22.2 Å². The van der Waals surface area contributed by atoms with Crippen LogP contribution in [0.4, 0.5) is 0 Å². The minimum atomic E-state index is -0.497. The zero-order chi connectivity index (χ0) is 7.84. The van der Waals surface area contributed by atoms with Crippen LogP contribution in [0.25, 0.3) is 6.08 Å². The van der Waals surface area contributed by atoms with E-state index in [0.717, 1.165) is 4.88 Å². The van der Waals surface area contributed by atoms with E-state index in [-0.39, 0.29) is 0 Å². The van der Waals surface area contributed by atoms with Crippen molar-refractivity contribution in [2.45, 2.75) is 0 Å². The third kappa shape index (κ3) is 0.832. The number of carbonyl (C=O) groups excluding carboxylic acids is 2. The highest BCUT2D eigenvalue weighted by atomic mass is 32.1. The lowest BCUT2D eigenvalue weighted by Crippen LogP contribution is -2.15. The molecule has 0 saturated heterocycles. The summed E-state index contributed by atoms with van der Waals surface area (Å²) in [5.41, 5.74) is 1.86. The van der Waals surface area contributed by atoms with E-state index < -0.39 is 11.6 Å². The fourth-order valence-electron chi connectivity index (χ4n) is 0.888. The molecule has 0 bridgehead atoms. The molecule has 54 valence electrons. The highest BCUT2D eigenvalue weighted by Crippen LogP contribution is 2.19. The minimum Gasteiger partial charge on any atom is -0.285 e. The summed E-state index contributed by atoms with van der Waals surface area (Å²) in [6.45, 7) is 0. The van der Waals surface area contributed by atoms with Gasteiger partial charge in [-0.3, -0.25) is 9.59 Å². The van der Waals surface area contributed by atoms with Crippen molar-refractivity contribution in [1.82, 2.24) is 4.98 Å². The Labute approximate surface area is 66.4 Å². The van der Waals surface area contributed by atoms with E-state index in [1.165, 1.54) is 17.4 Å². The fourth-order valence-corrected chi connectivity index (χ4v) is 1.56. The summed E-state index contributed by atoms with van der Waals surface area (Å²) < 4.78 is 0. The number of aromatic nitrogens is 1. The van der Waals surface area contributed by atoms with Gasteiger partial charge in [-0.15, -0.1) is 11.3 Å². The molecule has 0 aliphatic heterocycles. The second-order valence-corrected chi connectivity index (χ2v) is 2.98. The Morgan fingerprint density at radius 1 is 1.27 bits per heavy atom. The monoisotopic (exact) mass is 165 g/mol. The zero-order valence-electron chi connectivity index (χ0n) is 5.40. The number of fused-ring (bicyclic) bond motifs is 1. The highest BCUT2D eigenvalue weighted by Gasteiger charge is 2.22. The average Bonchev–Trinajstić information content (AvgIpc) is 2.45. The number of rotatable bonds is 0. The third-order valence-electron chi connectivity index (χ3n) is 1.42. The Morgan fingerprint density at radius 2 is 2.09 bits per heavy atom. The summed E-state index contributed by atoms with van der Waals surface area (Å²) in [5.74, 6) is -0.979. The molecule has 1 aliphatic carbocycles. The van der Waals surface area contributed by atoms with Crippen molar-refractivity contribution in [3.8, 4) is 0 Å². The summed E-state index contributed by atoms with van der Waals surface area (Å²) in [6, 6.07) is 0. The number of ketones is 2. The van der Waals surface area contributed by atoms with E-state index in [1.807, 2.05) is 0 Å². The molecule has 0 radical (unpaired) electrons. The Kier molecular flexibility index (Phi) is 1.22. The lowest BCUT2D eigenvalue weighted by Gasteiger charge is -1.98. The molecular formula is C7H3NO2S. The quantitative estimate of drug-likeness (QED) is 0.537. The van der Waals surface area contributed by atoms with Gasteiger partial charge < -0.3 is 0 Å². The number of Topliss-reactive ketones (excluding diaryl/α,β-unsaturated/α-hetero) is 1. The Balaban J connectivity index is 2.66. The molecule has 4 heteroatoms. The van der Waals surface area contributed by atoms with E-state index in [2.05, 4.69) is 4.98 Å². The molecule has 0 aromatic carbocycles. The summed E-state index contributed by atoms with van der Waals surface area (Å²) in [6.07, 6.45) is 2.90. The van der Waals surface area contributed by atoms with Gasteiger partial charge in [0.15, 0.2) is 0 Å². The predicted octanol–water partition coefficient (Wildman–Crippen LogP) is 0.922. The lowest BCUT2D eigenvalue weighted by molar-refractivity contribution is -0.110. The normalized spacial score (nSPS) is 15.3. The van der Waals surface area contributed by atoms with Crippen LogP contribution < -0.4 is 0 Å². The van der Waals surface area contributed by atoms with Crippen molar-refractivity contribution < 1.29 is 9.59 Å². The maximum Gasteiger partial charge on any atom is 0.252 e. The summed E-state index contributed by atoms with van der Waals surface area (Å²) >= 11 is 1.36. The van der Waals surface area contributed by atoms with Crippen molar-refractivity contribution in [3.63, 3.8) is 0 Å². The van der Waals surface area contributed by atoms with Gasteiger partial charge in [-0.2, -0.15) is 0 Å². The van der Waals surface area contributed by atoms with Gasteiger partial charge in [-0.25, -0.2) is 4.98 Å². The molecule has 2 rings (SSSR count). The van der Waals surface area contributed by atoms with Gasteiger partial charge in [-0.05, 0) is 12.2 Å². The SMILES string of the molecule is O=C1C=Cc2scnc2C1=O. The number of nitrogens with zero attached hydrogens (tertiary/aromatic N) is 1. The molecule has 0 spiro atoms. The van der Waals surface area contributed by atoms with Gasteiger partial charge in [0.25, 0.3) is 5.78 Å². The number of hydrogen-bond donors (Lipinski definition) is 0. The number of hydrogen-bond acceptors (Lipinski definition) is 4. The summed E-state index contributed by atoms with van der Waals surface area (Å²) in [5, 5.41) is 0. The molecule has 11 heavy (non-hydrogen) atoms. The van der Waals surface area contributed by atoms with E-state index >= 15 is 0 Å². The average molecular weight is 165 g/mol. The van der Waals surface area contributed by atoms with Crippen LogP contribution in [0.15, 0.2) is 11.6 Å². The first-order valence-corrected chi connectivity index (χ1v) is 3.87. The van der Waals surface area contributed by atoms with Gasteiger partial charge in [0.05, 0.1) is 10.4 Å². The second-order valence-electron chi connectivity index (χ2n) is 2.09. The van der Waals surface area contributed by atoms with Crippen LogP contribution in [0.2, 0.25) is 0 Å². The molecule has 0 unspecified atom stereocenters. The molecular weight excluding hydrogens is 162 g/mol. The maximum absolute atomic E-state index is 11.0. The fraction of sp³-hybridized carbons (Fsp3) is 0. The summed E-state index contributed by atoms with van der Waals surface area (Å²) in [7, 11) is 0. The topological polar surface area (TPSA) is 47.0 Å². The first-order chi connectivity index (χ1) is 5.29. The van der Waals surface area contributed by atoms with Crippen molar-refractivity contribution in [2.75, 3.05) is 0 Å². The van der Waals surface area contributed by atoms with Gasteiger partial charge in [-0.1, -0.05) is 0 Å². The standard InChI is InChI=1S/C7H3NO2S/c9-4-1-2-5-6(7(4)10)8-3-11-5/h1-3H. The number of allylic oxidation sites excluding steroid dienone is 1. The van der Waals surface area contributed by atoms with Crippen LogP contribution >= 0.6 is 11.3 Å². The molecule has 0 N–H and O–H groups in total. The summed E-state index contributed by atoms with van der Waals surface area (Å²) in [4.78, 5) is 26.4. The molecule has 0 atom stereocenters. The maximum atomic E-state index is 11.0.